The van der Waals surface area contributed by atoms with Crippen LogP contribution in [0.4, 0.5) is 48.8 Å². The van der Waals surface area contributed by atoms with Gasteiger partial charge < -0.3 is 76.0 Å². The van der Waals surface area contributed by atoms with Gasteiger partial charge in [-0.1, -0.05) is 35.9 Å². The van der Waals surface area contributed by atoms with E-state index in [9.17, 15) is 28.8 Å². The van der Waals surface area contributed by atoms with Crippen LogP contribution in [0.5, 0.6) is 0 Å². The molecule has 6 saturated heterocycles. The Morgan fingerprint density at radius 2 is 0.817 bits per heavy atom. The van der Waals surface area contributed by atoms with Crippen molar-refractivity contribution < 1.29 is 52.5 Å². The molecule has 9 heterocycles. The largest absolute Gasteiger partial charge is 0.465 e. The van der Waals surface area contributed by atoms with Crippen molar-refractivity contribution in [2.24, 2.45) is 16.2 Å². The number of pyridine rings is 3. The number of aromatic nitrogens is 3. The minimum absolute atomic E-state index is 0.156. The van der Waals surface area contributed by atoms with Crippen molar-refractivity contribution >= 4 is 82.1 Å². The second kappa shape index (κ2) is 30.9. The SMILES string of the molecule is CC(C)(C)OC(=O)N1CC2(CCN(c3ccc(C(=O)Nc4ccccc4N)cn3)CC2)C1.CC(C)(C)OC(=O)N1CC2(CCNCC2)C1.COC(=O)c1ccc(Cl)nc1.COC(=O)c1ccc(N2CCC3(CC2)CN(C(=O)OC(C)(C)C)C3)nc1.Nc1ccccc1N. The zero-order chi connectivity index (χ0) is 67.9. The highest BCUT2D eigenvalue weighted by Crippen LogP contribution is 2.44. The lowest BCUT2D eigenvalue weighted by atomic mass is 9.72. The average Bonchev–Trinajstić information content (AvgIpc) is 0.779. The number of nitrogens with one attached hydrogen (secondary N) is 2. The monoisotopic (exact) mass is 1300 g/mol. The Labute approximate surface area is 551 Å². The Balaban J connectivity index is 0.000000178. The van der Waals surface area contributed by atoms with Crippen LogP contribution in [-0.4, -0.2) is 175 Å². The zero-order valence-electron chi connectivity index (χ0n) is 55.7. The third-order valence-corrected chi connectivity index (χ3v) is 16.8. The Hall–Kier alpha value is -8.64. The molecule has 25 heteroatoms. The Morgan fingerprint density at radius 1 is 0.473 bits per heavy atom. The van der Waals surface area contributed by atoms with Crippen molar-refractivity contribution in [3.8, 4) is 0 Å². The molecule has 3 aromatic heterocycles. The molecule has 0 radical (unpaired) electrons. The molecule has 8 N–H and O–H groups in total. The van der Waals surface area contributed by atoms with Gasteiger partial charge in [-0.15, -0.1) is 0 Å². The molecule has 6 aliphatic rings. The van der Waals surface area contributed by atoms with Gasteiger partial charge in [-0.05, 0) is 175 Å². The predicted octanol–water partition coefficient (Wildman–Crippen LogP) is 10.4. The molecule has 5 aromatic rings. The number of carbonyl (C=O) groups is 6. The zero-order valence-corrected chi connectivity index (χ0v) is 56.5. The lowest BCUT2D eigenvalue weighted by molar-refractivity contribution is -0.0458. The highest BCUT2D eigenvalue weighted by Gasteiger charge is 2.50. The Kier molecular flexibility index (Phi) is 23.8. The standard InChI is InChI=1S/C24H31N5O3.C19H27N3O4.C12H22N2O2.C7H6ClNO2.C6H8N2/c1-23(2,3)32-22(31)29-15-24(16-29)10-12-28(13-11-24)20-9-8-17(14-26-20)21(30)27-19-7-5-4-6-18(19)25;1-18(2,3)26-17(24)22-12-19(13-22)7-9-21(10-8-19)15-6-5-14(11-20-15)16(23)25-4;1-11(2,3)16-10(15)14-8-12(9-14)4-6-13-7-5-12;1-11-7(10)5-2-3-6(8)9-4-5;7-5-3-1-2-4-6(5)8/h4-9,14H,10-13,15-16,25H2,1-3H3,(H,27,30);5-6,11H,7-10,12-13H2,1-4H3;13H,4-9H2,1-3H3;2-4H,1H3;1-4H,7-8H2. The summed E-state index contributed by atoms with van der Waals surface area (Å²) in [5.74, 6) is 0.707. The molecule has 6 fully saturated rings. The van der Waals surface area contributed by atoms with E-state index in [1.54, 1.807) is 64.7 Å². The minimum atomic E-state index is -0.467. The average molecular weight is 1310 g/mol. The van der Waals surface area contributed by atoms with Gasteiger partial charge in [0.1, 0.15) is 33.6 Å². The number of benzene rings is 2. The molecule has 504 valence electrons. The number of amides is 4. The second-order valence-corrected chi connectivity index (χ2v) is 28.0. The highest BCUT2D eigenvalue weighted by molar-refractivity contribution is 6.29. The molecule has 0 saturated carbocycles. The van der Waals surface area contributed by atoms with Gasteiger partial charge in [-0.25, -0.2) is 38.9 Å². The van der Waals surface area contributed by atoms with Crippen LogP contribution in [0.3, 0.4) is 0 Å². The van der Waals surface area contributed by atoms with Crippen molar-refractivity contribution in [3.63, 3.8) is 0 Å². The molecule has 93 heavy (non-hydrogen) atoms. The van der Waals surface area contributed by atoms with E-state index in [1.165, 1.54) is 39.3 Å². The van der Waals surface area contributed by atoms with E-state index < -0.39 is 17.2 Å². The third-order valence-electron chi connectivity index (χ3n) is 16.6. The lowest BCUT2D eigenvalue weighted by Gasteiger charge is -2.53. The molecule has 2 aromatic carbocycles. The van der Waals surface area contributed by atoms with Gasteiger partial charge >= 0.3 is 30.2 Å². The summed E-state index contributed by atoms with van der Waals surface area (Å²) in [6.07, 6.45) is 10.3. The maximum atomic E-state index is 12.5. The molecule has 6 aliphatic heterocycles. The fourth-order valence-electron chi connectivity index (χ4n) is 11.4. The number of carbonyl (C=O) groups excluding carboxylic acids is 6. The number of ether oxygens (including phenoxy) is 5. The van der Waals surface area contributed by atoms with Crippen LogP contribution in [0.2, 0.25) is 5.15 Å². The molecule has 11 rings (SSSR count). The molecule has 0 unspecified atom stereocenters. The van der Waals surface area contributed by atoms with Crippen molar-refractivity contribution in [1.82, 2.24) is 35.0 Å². The summed E-state index contributed by atoms with van der Waals surface area (Å²) in [7, 11) is 2.68. The first-order valence-corrected chi connectivity index (χ1v) is 31.8. The number of nitrogen functional groups attached to an aromatic ring is 3. The number of nitrogens with two attached hydrogens (primary N) is 3. The molecular weight excluding hydrogens is 1210 g/mol. The number of piperidine rings is 3. The van der Waals surface area contributed by atoms with Crippen molar-refractivity contribution in [2.75, 3.05) is 125 Å². The van der Waals surface area contributed by atoms with Crippen LogP contribution in [0.25, 0.3) is 0 Å². The summed E-state index contributed by atoms with van der Waals surface area (Å²) < 4.78 is 25.4. The van der Waals surface area contributed by atoms with Crippen LogP contribution >= 0.6 is 11.6 Å². The topological polar surface area (TPSA) is 306 Å². The van der Waals surface area contributed by atoms with E-state index >= 15 is 0 Å². The van der Waals surface area contributed by atoms with Gasteiger partial charge in [-0.2, -0.15) is 0 Å². The van der Waals surface area contributed by atoms with Gasteiger partial charge in [0.05, 0.1) is 53.7 Å². The summed E-state index contributed by atoms with van der Waals surface area (Å²) >= 11 is 5.50. The summed E-state index contributed by atoms with van der Waals surface area (Å²) in [5.41, 5.74) is 19.9. The minimum Gasteiger partial charge on any atom is -0.465 e. The normalized spacial score (nSPS) is 17.4. The Morgan fingerprint density at radius 3 is 1.14 bits per heavy atom. The number of methoxy groups -OCH3 is 2. The van der Waals surface area contributed by atoms with E-state index in [0.29, 0.717) is 50.0 Å². The van der Waals surface area contributed by atoms with Gasteiger partial charge in [-0.3, -0.25) is 4.79 Å². The van der Waals surface area contributed by atoms with E-state index in [2.05, 4.69) is 40.1 Å². The number of hydrogen-bond acceptors (Lipinski definition) is 20. The van der Waals surface area contributed by atoms with Gasteiger partial charge in [0.2, 0.25) is 0 Å². The quantitative estimate of drug-likeness (QED) is 0.0457. The molecule has 24 nitrogen and oxygen atoms in total. The molecule has 0 aliphatic carbocycles. The number of hydrogen-bond donors (Lipinski definition) is 5. The van der Waals surface area contributed by atoms with E-state index in [0.717, 1.165) is 116 Å². The molecular formula is C68H94ClN13O11. The van der Waals surface area contributed by atoms with E-state index in [-0.39, 0.29) is 46.6 Å². The van der Waals surface area contributed by atoms with Gasteiger partial charge in [0.15, 0.2) is 0 Å². The number of likely N-dealkylation sites (tertiary alicyclic amines) is 3. The number of rotatable bonds is 6. The summed E-state index contributed by atoms with van der Waals surface area (Å²) in [6.45, 7) is 27.6. The smallest absolute Gasteiger partial charge is 0.410 e. The van der Waals surface area contributed by atoms with E-state index in [1.807, 2.05) is 104 Å². The first-order valence-electron chi connectivity index (χ1n) is 31.4. The summed E-state index contributed by atoms with van der Waals surface area (Å²) in [6, 6.07) is 24.8. The van der Waals surface area contributed by atoms with Gasteiger partial charge in [0, 0.05) is 100 Å². The van der Waals surface area contributed by atoms with Crippen LogP contribution in [0, 0.1) is 16.2 Å². The summed E-state index contributed by atoms with van der Waals surface area (Å²) in [4.78, 5) is 93.4. The number of para-hydroxylation sites is 4. The van der Waals surface area contributed by atoms with Crippen molar-refractivity contribution in [2.45, 2.75) is 118 Å². The number of nitrogens with zero attached hydrogens (tertiary/aromatic N) is 8. The van der Waals surface area contributed by atoms with Crippen molar-refractivity contribution in [1.29, 1.82) is 0 Å². The molecule has 3 spiro atoms. The van der Waals surface area contributed by atoms with Crippen LogP contribution < -0.4 is 37.6 Å². The van der Waals surface area contributed by atoms with Crippen LogP contribution in [-0.2, 0) is 23.7 Å². The lowest BCUT2D eigenvalue weighted by Crippen LogP contribution is -2.62. The first kappa shape index (κ1) is 71.8. The number of anilines is 6. The highest BCUT2D eigenvalue weighted by atomic mass is 35.5. The fourth-order valence-corrected chi connectivity index (χ4v) is 11.5. The maximum absolute atomic E-state index is 12.5. The second-order valence-electron chi connectivity index (χ2n) is 27.6. The first-order chi connectivity index (χ1) is 43.8. The molecule has 0 atom stereocenters. The molecule has 4 amide bonds. The number of esters is 2. The number of halogens is 1. The van der Waals surface area contributed by atoms with Gasteiger partial charge in [0.25, 0.3) is 5.91 Å². The maximum Gasteiger partial charge on any atom is 0.410 e. The molecule has 0 bridgehead atoms. The Bertz CT molecular complexity index is 3290. The van der Waals surface area contributed by atoms with E-state index in [4.69, 9.17) is 47.7 Å². The fraction of sp³-hybridized carbons (Fsp3) is 0.515. The predicted molar refractivity (Wildman–Crippen MR) is 360 cm³/mol. The summed E-state index contributed by atoms with van der Waals surface area (Å²) in [5, 5.41) is 6.53. The van der Waals surface area contributed by atoms with Crippen LogP contribution in [0.15, 0.2) is 104 Å². The van der Waals surface area contributed by atoms with Crippen molar-refractivity contribution in [3.05, 3.63) is 125 Å². The van der Waals surface area contributed by atoms with Crippen LogP contribution in [0.1, 0.15) is 132 Å². The third kappa shape index (κ3) is 20.9.